The molecule has 1 aliphatic rings. The molecule has 1 aliphatic carbocycles. The molecule has 0 unspecified atom stereocenters. The molecule has 0 spiro atoms. The largest absolute Gasteiger partial charge is 0.364 e. The molecule has 0 aliphatic heterocycles. The highest BCUT2D eigenvalue weighted by atomic mass is 16.1. The number of fused-ring (bicyclic) bond motifs is 1. The predicted molar refractivity (Wildman–Crippen MR) is 136 cm³/mol. The van der Waals surface area contributed by atoms with Crippen LogP contribution >= 0.6 is 0 Å². The molecule has 1 saturated carbocycles. The molecule has 1 amide bonds. The lowest BCUT2D eigenvalue weighted by Crippen LogP contribution is -2.45. The Morgan fingerprint density at radius 2 is 1.86 bits per heavy atom. The maximum Gasteiger partial charge on any atom is 0.270 e. The fourth-order valence-electron chi connectivity index (χ4n) is 4.46. The van der Waals surface area contributed by atoms with Gasteiger partial charge in [0.2, 0.25) is 0 Å². The molecule has 6 rings (SSSR count). The van der Waals surface area contributed by atoms with E-state index in [1.165, 1.54) is 0 Å². The van der Waals surface area contributed by atoms with E-state index in [0.717, 1.165) is 40.8 Å². The third-order valence-corrected chi connectivity index (χ3v) is 6.43. The van der Waals surface area contributed by atoms with Gasteiger partial charge in [-0.15, -0.1) is 0 Å². The Balaban J connectivity index is 1.10. The number of hydrogen-bond acceptors (Lipinski definition) is 7. The molecule has 0 radical (unpaired) electrons. The van der Waals surface area contributed by atoms with Gasteiger partial charge in [-0.25, -0.2) is 19.9 Å². The molecule has 5 aromatic rings. The fraction of sp³-hybridized carbons (Fsp3) is 0.185. The van der Waals surface area contributed by atoms with Gasteiger partial charge in [-0.05, 0) is 36.6 Å². The summed E-state index contributed by atoms with van der Waals surface area (Å²) in [7, 11) is 0. The molecule has 2 N–H and O–H groups in total. The minimum atomic E-state index is -0.157. The van der Waals surface area contributed by atoms with Crippen LogP contribution in [0.4, 0.5) is 5.82 Å². The normalized spacial score (nSPS) is 16.9. The van der Waals surface area contributed by atoms with E-state index in [-0.39, 0.29) is 18.0 Å². The highest BCUT2D eigenvalue weighted by molar-refractivity contribution is 5.93. The van der Waals surface area contributed by atoms with Gasteiger partial charge in [0.1, 0.15) is 17.5 Å². The number of carbonyl (C=O) groups is 1. The average molecular weight is 477 g/mol. The summed E-state index contributed by atoms with van der Waals surface area (Å²) >= 11 is 0. The maximum absolute atomic E-state index is 12.8. The first-order valence-electron chi connectivity index (χ1n) is 11.9. The van der Waals surface area contributed by atoms with E-state index in [1.807, 2.05) is 67.1 Å². The molecule has 1 fully saturated rings. The van der Waals surface area contributed by atoms with Crippen molar-refractivity contribution in [1.82, 2.24) is 34.8 Å². The maximum atomic E-state index is 12.8. The van der Waals surface area contributed by atoms with Gasteiger partial charge in [0.25, 0.3) is 5.91 Å². The zero-order chi connectivity index (χ0) is 24.3. The molecular weight excluding hydrogens is 452 g/mol. The van der Waals surface area contributed by atoms with Gasteiger partial charge in [-0.1, -0.05) is 42.5 Å². The summed E-state index contributed by atoms with van der Waals surface area (Å²) in [5, 5.41) is 6.45. The van der Waals surface area contributed by atoms with Crippen LogP contribution in [0.15, 0.2) is 85.7 Å². The summed E-state index contributed by atoms with van der Waals surface area (Å²) in [6.07, 6.45) is 8.54. The number of amides is 1. The SMILES string of the molecule is O=C(NC1CC(n2cnc3c(NCc4cccnc4)ncnc32)C1)c1cccc(-c2ccccc2)n1. The van der Waals surface area contributed by atoms with Gasteiger partial charge < -0.3 is 15.2 Å². The summed E-state index contributed by atoms with van der Waals surface area (Å²) in [6, 6.07) is 19.6. The molecule has 9 heteroatoms. The molecule has 4 heterocycles. The number of imidazole rings is 1. The van der Waals surface area contributed by atoms with E-state index in [9.17, 15) is 4.79 Å². The molecule has 178 valence electrons. The molecule has 1 aromatic carbocycles. The topological polar surface area (TPSA) is 111 Å². The summed E-state index contributed by atoms with van der Waals surface area (Å²) in [4.78, 5) is 35.0. The summed E-state index contributed by atoms with van der Waals surface area (Å²) in [5.41, 5.74) is 4.77. The molecule has 0 atom stereocenters. The number of carbonyl (C=O) groups excluding carboxylic acids is 1. The smallest absolute Gasteiger partial charge is 0.270 e. The van der Waals surface area contributed by atoms with Crippen LogP contribution in [0.1, 0.15) is 34.9 Å². The molecule has 36 heavy (non-hydrogen) atoms. The standard InChI is InChI=1S/C27H24N8O/c36-27(23-10-4-9-22(34-23)19-7-2-1-3-8-19)33-20-12-21(13-20)35-17-32-24-25(30-16-31-26(24)35)29-15-18-6-5-11-28-14-18/h1-11,14,16-17,20-21H,12-13,15H2,(H,33,36)(H,29,30,31). The lowest BCUT2D eigenvalue weighted by molar-refractivity contribution is 0.0889. The van der Waals surface area contributed by atoms with Crippen LogP contribution in [-0.4, -0.2) is 41.4 Å². The highest BCUT2D eigenvalue weighted by Gasteiger charge is 2.33. The van der Waals surface area contributed by atoms with Crippen LogP contribution in [0.2, 0.25) is 0 Å². The number of benzene rings is 1. The Kier molecular flexibility index (Phi) is 5.79. The first-order chi connectivity index (χ1) is 17.7. The third kappa shape index (κ3) is 4.38. The fourth-order valence-corrected chi connectivity index (χ4v) is 4.46. The molecule has 9 nitrogen and oxygen atoms in total. The van der Waals surface area contributed by atoms with Crippen molar-refractivity contribution in [3.8, 4) is 11.3 Å². The van der Waals surface area contributed by atoms with E-state index in [1.54, 1.807) is 18.6 Å². The molecule has 4 aromatic heterocycles. The number of aromatic nitrogens is 6. The second-order valence-corrected chi connectivity index (χ2v) is 8.83. The zero-order valence-corrected chi connectivity index (χ0v) is 19.5. The second-order valence-electron chi connectivity index (χ2n) is 8.83. The number of nitrogens with zero attached hydrogens (tertiary/aromatic N) is 6. The quantitative estimate of drug-likeness (QED) is 0.365. The van der Waals surface area contributed by atoms with Crippen molar-refractivity contribution in [2.24, 2.45) is 0 Å². The van der Waals surface area contributed by atoms with Crippen molar-refractivity contribution in [1.29, 1.82) is 0 Å². The average Bonchev–Trinajstić information content (AvgIpc) is 3.34. The van der Waals surface area contributed by atoms with E-state index in [4.69, 9.17) is 0 Å². The van der Waals surface area contributed by atoms with E-state index in [2.05, 4.69) is 40.1 Å². The second kappa shape index (κ2) is 9.53. The van der Waals surface area contributed by atoms with Crippen LogP contribution in [0, 0.1) is 0 Å². The number of rotatable bonds is 7. The van der Waals surface area contributed by atoms with Crippen molar-refractivity contribution in [2.75, 3.05) is 5.32 Å². The predicted octanol–water partition coefficient (Wildman–Crippen LogP) is 4.03. The minimum absolute atomic E-state index is 0.0761. The Labute approximate surface area is 207 Å². The van der Waals surface area contributed by atoms with Gasteiger partial charge in [-0.3, -0.25) is 9.78 Å². The Morgan fingerprint density at radius 1 is 0.972 bits per heavy atom. The lowest BCUT2D eigenvalue weighted by Gasteiger charge is -2.36. The molecule has 0 bridgehead atoms. The zero-order valence-electron chi connectivity index (χ0n) is 19.5. The van der Waals surface area contributed by atoms with Gasteiger partial charge in [0, 0.05) is 36.6 Å². The van der Waals surface area contributed by atoms with Gasteiger partial charge in [-0.2, -0.15) is 0 Å². The van der Waals surface area contributed by atoms with Crippen LogP contribution in [0.5, 0.6) is 0 Å². The number of anilines is 1. The van der Waals surface area contributed by atoms with Crippen molar-refractivity contribution in [2.45, 2.75) is 31.5 Å². The number of hydrogen-bond donors (Lipinski definition) is 2. The first kappa shape index (κ1) is 21.8. The first-order valence-corrected chi connectivity index (χ1v) is 11.9. The van der Waals surface area contributed by atoms with E-state index < -0.39 is 0 Å². The van der Waals surface area contributed by atoms with Crippen LogP contribution in [0.25, 0.3) is 22.4 Å². The minimum Gasteiger partial charge on any atom is -0.364 e. The molecule has 0 saturated heterocycles. The van der Waals surface area contributed by atoms with E-state index >= 15 is 0 Å². The highest BCUT2D eigenvalue weighted by Crippen LogP contribution is 2.35. The summed E-state index contributed by atoms with van der Waals surface area (Å²) in [5.74, 6) is 0.534. The van der Waals surface area contributed by atoms with Gasteiger partial charge >= 0.3 is 0 Å². The monoisotopic (exact) mass is 476 g/mol. The van der Waals surface area contributed by atoms with Crippen LogP contribution in [0.3, 0.4) is 0 Å². The van der Waals surface area contributed by atoms with Crippen molar-refractivity contribution in [3.63, 3.8) is 0 Å². The number of nitrogens with one attached hydrogen (secondary N) is 2. The lowest BCUT2D eigenvalue weighted by atomic mass is 9.86. The Bertz CT molecular complexity index is 1500. The Morgan fingerprint density at radius 3 is 2.69 bits per heavy atom. The summed E-state index contributed by atoms with van der Waals surface area (Å²) in [6.45, 7) is 0.601. The van der Waals surface area contributed by atoms with Crippen molar-refractivity contribution < 1.29 is 4.79 Å². The van der Waals surface area contributed by atoms with Crippen LogP contribution in [-0.2, 0) is 6.54 Å². The number of pyridine rings is 2. The Hall–Kier alpha value is -4.66. The molecular formula is C27H24N8O. The third-order valence-electron chi connectivity index (χ3n) is 6.43. The van der Waals surface area contributed by atoms with E-state index in [0.29, 0.717) is 18.1 Å². The van der Waals surface area contributed by atoms with Gasteiger partial charge in [0.05, 0.1) is 12.0 Å². The van der Waals surface area contributed by atoms with Crippen molar-refractivity contribution in [3.05, 3.63) is 97.0 Å². The van der Waals surface area contributed by atoms with Gasteiger partial charge in [0.15, 0.2) is 11.5 Å². The summed E-state index contributed by atoms with van der Waals surface area (Å²) < 4.78 is 2.07. The van der Waals surface area contributed by atoms with Crippen molar-refractivity contribution >= 4 is 22.9 Å². The van der Waals surface area contributed by atoms with Crippen LogP contribution < -0.4 is 10.6 Å².